The Morgan fingerprint density at radius 1 is 0.558 bits per heavy atom. The monoisotopic (exact) mass is 594 g/mol. The molecule has 242 valence electrons. The molecule has 4 heteroatoms. The lowest BCUT2D eigenvalue weighted by Gasteiger charge is -2.15. The van der Waals surface area contributed by atoms with Gasteiger partial charge in [0.05, 0.1) is 19.6 Å². The molecule has 43 heavy (non-hydrogen) atoms. The number of carbonyl (C=O) groups excluding carboxylic acids is 1. The summed E-state index contributed by atoms with van der Waals surface area (Å²) in [6.07, 6.45) is 50.3. The number of esters is 1. The molecule has 0 aromatic heterocycles. The minimum Gasteiger partial charge on any atom is -0.457 e. The SMILES string of the molecule is CC/C=C\C/C=C\C/C=C\C/C=C\C/C=C\CC(=O)OC(CO)COCCCCCCCC/C=C\C/C=C\C/C=C\CC. The molecular weight excluding hydrogens is 532 g/mol. The number of unbranched alkanes of at least 4 members (excludes halogenated alkanes) is 6. The summed E-state index contributed by atoms with van der Waals surface area (Å²) in [6.45, 7) is 4.95. The number of aliphatic hydroxyl groups excluding tert-OH is 1. The molecule has 0 spiro atoms. The topological polar surface area (TPSA) is 55.8 Å². The number of ether oxygens (including phenoxy) is 2. The molecule has 0 bridgehead atoms. The normalized spacial score (nSPS) is 13.7. The van der Waals surface area contributed by atoms with E-state index in [4.69, 9.17) is 9.47 Å². The van der Waals surface area contributed by atoms with Crippen LogP contribution in [0.2, 0.25) is 0 Å². The molecule has 0 saturated heterocycles. The fraction of sp³-hybridized carbons (Fsp3) is 0.564. The minimum atomic E-state index is -0.600. The van der Waals surface area contributed by atoms with Crippen LogP contribution in [-0.2, 0) is 14.3 Å². The van der Waals surface area contributed by atoms with Crippen LogP contribution in [0.4, 0.5) is 0 Å². The van der Waals surface area contributed by atoms with Gasteiger partial charge in [0.25, 0.3) is 0 Å². The fourth-order valence-electron chi connectivity index (χ4n) is 4.00. The summed E-state index contributed by atoms with van der Waals surface area (Å²) in [5, 5.41) is 9.52. The van der Waals surface area contributed by atoms with Crippen LogP contribution in [0.5, 0.6) is 0 Å². The second kappa shape index (κ2) is 35.5. The molecule has 0 aromatic carbocycles. The van der Waals surface area contributed by atoms with Crippen LogP contribution in [0.15, 0.2) is 97.2 Å². The quantitative estimate of drug-likeness (QED) is 0.0532. The Labute approximate surface area is 264 Å². The zero-order valence-corrected chi connectivity index (χ0v) is 27.4. The zero-order valence-electron chi connectivity index (χ0n) is 27.4. The lowest BCUT2D eigenvalue weighted by atomic mass is 10.1. The molecule has 0 rings (SSSR count). The Morgan fingerprint density at radius 2 is 0.977 bits per heavy atom. The minimum absolute atomic E-state index is 0.202. The van der Waals surface area contributed by atoms with Crippen molar-refractivity contribution in [1.29, 1.82) is 0 Å². The van der Waals surface area contributed by atoms with Gasteiger partial charge in [0.2, 0.25) is 0 Å². The van der Waals surface area contributed by atoms with Crippen molar-refractivity contribution in [1.82, 2.24) is 0 Å². The number of rotatable bonds is 29. The molecule has 0 radical (unpaired) electrons. The van der Waals surface area contributed by atoms with Crippen LogP contribution >= 0.6 is 0 Å². The highest BCUT2D eigenvalue weighted by atomic mass is 16.6. The predicted octanol–water partition coefficient (Wildman–Crippen LogP) is 10.6. The van der Waals surface area contributed by atoms with Crippen LogP contribution in [0.25, 0.3) is 0 Å². The molecule has 0 amide bonds. The van der Waals surface area contributed by atoms with Gasteiger partial charge in [0, 0.05) is 6.61 Å². The molecule has 0 aliphatic rings. The second-order valence-electron chi connectivity index (χ2n) is 10.5. The molecule has 1 atom stereocenters. The fourth-order valence-corrected chi connectivity index (χ4v) is 4.00. The Kier molecular flexibility index (Phi) is 33.3. The zero-order chi connectivity index (χ0) is 31.3. The summed E-state index contributed by atoms with van der Waals surface area (Å²) in [5.41, 5.74) is 0. The van der Waals surface area contributed by atoms with Crippen LogP contribution in [0.1, 0.15) is 117 Å². The van der Waals surface area contributed by atoms with Gasteiger partial charge >= 0.3 is 5.97 Å². The van der Waals surface area contributed by atoms with E-state index in [0.29, 0.717) is 6.61 Å². The highest BCUT2D eigenvalue weighted by molar-refractivity contribution is 5.71. The van der Waals surface area contributed by atoms with Gasteiger partial charge in [-0.1, -0.05) is 137 Å². The van der Waals surface area contributed by atoms with E-state index >= 15 is 0 Å². The first-order chi connectivity index (χ1) is 21.2. The van der Waals surface area contributed by atoms with Crippen molar-refractivity contribution in [2.24, 2.45) is 0 Å². The first-order valence-corrected chi connectivity index (χ1v) is 16.8. The third-order valence-electron chi connectivity index (χ3n) is 6.44. The second-order valence-corrected chi connectivity index (χ2v) is 10.5. The maximum Gasteiger partial charge on any atom is 0.310 e. The van der Waals surface area contributed by atoms with Crippen molar-refractivity contribution in [3.63, 3.8) is 0 Å². The van der Waals surface area contributed by atoms with Crippen molar-refractivity contribution < 1.29 is 19.4 Å². The van der Waals surface area contributed by atoms with Gasteiger partial charge in [0.15, 0.2) is 0 Å². The van der Waals surface area contributed by atoms with Crippen molar-refractivity contribution in [3.8, 4) is 0 Å². The average Bonchev–Trinajstić information content (AvgIpc) is 3.01. The van der Waals surface area contributed by atoms with E-state index in [1.165, 1.54) is 25.7 Å². The molecule has 0 aromatic rings. The predicted molar refractivity (Wildman–Crippen MR) is 186 cm³/mol. The van der Waals surface area contributed by atoms with E-state index in [0.717, 1.165) is 70.6 Å². The largest absolute Gasteiger partial charge is 0.457 e. The Hall–Kier alpha value is -2.69. The van der Waals surface area contributed by atoms with Gasteiger partial charge in [-0.05, 0) is 70.6 Å². The van der Waals surface area contributed by atoms with Crippen molar-refractivity contribution in [2.75, 3.05) is 19.8 Å². The maximum atomic E-state index is 12.1. The van der Waals surface area contributed by atoms with Crippen LogP contribution in [0, 0.1) is 0 Å². The average molecular weight is 595 g/mol. The van der Waals surface area contributed by atoms with Gasteiger partial charge in [-0.3, -0.25) is 4.79 Å². The Morgan fingerprint density at radius 3 is 1.47 bits per heavy atom. The molecule has 0 fully saturated rings. The third kappa shape index (κ3) is 33.7. The van der Waals surface area contributed by atoms with Gasteiger partial charge in [0.1, 0.15) is 6.10 Å². The molecule has 0 aliphatic heterocycles. The van der Waals surface area contributed by atoms with Gasteiger partial charge in [-0.25, -0.2) is 0 Å². The molecular formula is C39H62O4. The van der Waals surface area contributed by atoms with E-state index in [1.54, 1.807) is 0 Å². The third-order valence-corrected chi connectivity index (χ3v) is 6.44. The summed E-state index contributed by atoms with van der Waals surface area (Å²) >= 11 is 0. The van der Waals surface area contributed by atoms with E-state index in [2.05, 4.69) is 98.9 Å². The van der Waals surface area contributed by atoms with E-state index in [1.807, 2.05) is 12.2 Å². The highest BCUT2D eigenvalue weighted by Gasteiger charge is 2.12. The van der Waals surface area contributed by atoms with Gasteiger partial charge in [-0.2, -0.15) is 0 Å². The number of allylic oxidation sites excluding steroid dienone is 15. The van der Waals surface area contributed by atoms with E-state index < -0.39 is 6.10 Å². The van der Waals surface area contributed by atoms with Gasteiger partial charge in [-0.15, -0.1) is 0 Å². The Bertz CT molecular complexity index is 841. The molecule has 1 unspecified atom stereocenters. The summed E-state index contributed by atoms with van der Waals surface area (Å²) in [7, 11) is 0. The number of hydrogen-bond donors (Lipinski definition) is 1. The molecule has 0 heterocycles. The molecule has 0 aliphatic carbocycles. The number of aliphatic hydroxyl groups is 1. The highest BCUT2D eigenvalue weighted by Crippen LogP contribution is 2.08. The Balaban J connectivity index is 3.67. The summed E-state index contributed by atoms with van der Waals surface area (Å²) in [4.78, 5) is 12.1. The van der Waals surface area contributed by atoms with Crippen LogP contribution in [0.3, 0.4) is 0 Å². The van der Waals surface area contributed by atoms with Crippen LogP contribution < -0.4 is 0 Å². The molecule has 4 nitrogen and oxygen atoms in total. The molecule has 0 saturated carbocycles. The summed E-state index contributed by atoms with van der Waals surface area (Å²) < 4.78 is 11.0. The van der Waals surface area contributed by atoms with Crippen LogP contribution in [-0.4, -0.2) is 37.0 Å². The molecule has 1 N–H and O–H groups in total. The maximum absolute atomic E-state index is 12.1. The summed E-state index contributed by atoms with van der Waals surface area (Å²) in [6, 6.07) is 0. The van der Waals surface area contributed by atoms with E-state index in [-0.39, 0.29) is 25.6 Å². The number of carbonyl (C=O) groups is 1. The van der Waals surface area contributed by atoms with E-state index in [9.17, 15) is 9.90 Å². The smallest absolute Gasteiger partial charge is 0.310 e. The van der Waals surface area contributed by atoms with Crippen molar-refractivity contribution in [2.45, 2.75) is 123 Å². The first-order valence-electron chi connectivity index (χ1n) is 16.8. The summed E-state index contributed by atoms with van der Waals surface area (Å²) in [5.74, 6) is -0.338. The van der Waals surface area contributed by atoms with Crippen molar-refractivity contribution in [3.05, 3.63) is 97.2 Å². The first kappa shape index (κ1) is 40.3. The van der Waals surface area contributed by atoms with Crippen molar-refractivity contribution >= 4 is 5.97 Å². The number of hydrogen-bond acceptors (Lipinski definition) is 4. The lowest BCUT2D eigenvalue weighted by Crippen LogP contribution is -2.27. The van der Waals surface area contributed by atoms with Gasteiger partial charge < -0.3 is 14.6 Å². The lowest BCUT2D eigenvalue weighted by molar-refractivity contribution is -0.153. The standard InChI is InChI=1S/C39H62O4/c1-3-5-7-9-11-13-15-17-19-21-23-25-27-29-31-33-35-42-37-38(36-40)43-39(41)34-32-30-28-26-24-22-20-18-16-14-12-10-8-6-4-2/h5-8,11-14,17-20,24,26,30,32,38,40H,3-4,9-10,15-16,21-23,25,27-29,31,33-37H2,1-2H3/b7-5-,8-6-,13-11-,14-12-,19-17-,20-18-,26-24-,32-30-.